The number of hydrogen-bond acceptors (Lipinski definition) is 3. The summed E-state index contributed by atoms with van der Waals surface area (Å²) >= 11 is 5.88. The number of nitrogens with zero attached hydrogens (tertiary/aromatic N) is 2. The molecule has 4 nitrogen and oxygen atoms in total. The summed E-state index contributed by atoms with van der Waals surface area (Å²) in [5.41, 5.74) is 4.01. The lowest BCUT2D eigenvalue weighted by molar-refractivity contribution is -0.134. The molecule has 1 aromatic carbocycles. The van der Waals surface area contributed by atoms with Crippen LogP contribution in [0.15, 0.2) is 18.2 Å². The predicted octanol–water partition coefficient (Wildman–Crippen LogP) is 3.54. The number of carbonyl (C=O) groups excluding carboxylic acids is 1. The Kier molecular flexibility index (Phi) is 4.68. The molecule has 0 saturated carbocycles. The van der Waals surface area contributed by atoms with Crippen LogP contribution < -0.4 is 4.74 Å². The number of hydrogen-bond donors (Lipinski definition) is 0. The molecule has 1 aromatic heterocycles. The first-order chi connectivity index (χ1) is 9.88. The van der Waals surface area contributed by atoms with E-state index >= 15 is 0 Å². The Morgan fingerprint density at radius 2 is 2.05 bits per heavy atom. The fourth-order valence-corrected chi connectivity index (χ4v) is 2.53. The van der Waals surface area contributed by atoms with Crippen molar-refractivity contribution in [1.29, 1.82) is 0 Å². The van der Waals surface area contributed by atoms with Gasteiger partial charge in [-0.15, -0.1) is 0 Å². The number of benzene rings is 1. The zero-order valence-corrected chi connectivity index (χ0v) is 13.5. The Morgan fingerprint density at radius 1 is 1.33 bits per heavy atom. The maximum absolute atomic E-state index is 12.0. The minimum Gasteiger partial charge on any atom is -0.426 e. The fraction of sp³-hybridized carbons (Fsp3) is 0.375. The molecule has 0 saturated heterocycles. The highest BCUT2D eigenvalue weighted by Crippen LogP contribution is 2.22. The van der Waals surface area contributed by atoms with Gasteiger partial charge in [0.05, 0.1) is 12.1 Å². The molecule has 0 spiro atoms. The van der Waals surface area contributed by atoms with Gasteiger partial charge in [0.2, 0.25) is 0 Å². The summed E-state index contributed by atoms with van der Waals surface area (Å²) < 4.78 is 7.22. The van der Waals surface area contributed by atoms with Gasteiger partial charge in [0, 0.05) is 17.8 Å². The van der Waals surface area contributed by atoms with Crippen LogP contribution in [-0.2, 0) is 18.3 Å². The molecule has 0 unspecified atom stereocenters. The number of rotatable bonds is 4. The summed E-state index contributed by atoms with van der Waals surface area (Å²) in [6, 6.07) is 5.21. The standard InChI is InChI=1S/C16H19ClN2O2/c1-10-9-13(17)5-7-15(10)21-16(20)8-6-14-11(2)18-19(4)12(14)3/h5,7,9H,6,8H2,1-4H3. The van der Waals surface area contributed by atoms with Crippen LogP contribution in [0.3, 0.4) is 0 Å². The predicted molar refractivity (Wildman–Crippen MR) is 82.8 cm³/mol. The van der Waals surface area contributed by atoms with E-state index in [0.29, 0.717) is 23.6 Å². The van der Waals surface area contributed by atoms with E-state index in [1.807, 2.05) is 32.5 Å². The number of ether oxygens (including phenoxy) is 1. The average molecular weight is 307 g/mol. The van der Waals surface area contributed by atoms with Crippen molar-refractivity contribution in [2.45, 2.75) is 33.6 Å². The summed E-state index contributed by atoms with van der Waals surface area (Å²) in [5.74, 6) is 0.312. The largest absolute Gasteiger partial charge is 0.426 e. The molecule has 0 radical (unpaired) electrons. The van der Waals surface area contributed by atoms with E-state index in [9.17, 15) is 4.79 Å². The summed E-state index contributed by atoms with van der Waals surface area (Å²) in [4.78, 5) is 12.0. The van der Waals surface area contributed by atoms with Crippen molar-refractivity contribution in [3.63, 3.8) is 0 Å². The van der Waals surface area contributed by atoms with E-state index in [1.54, 1.807) is 18.2 Å². The van der Waals surface area contributed by atoms with Crippen LogP contribution in [-0.4, -0.2) is 15.7 Å². The van der Waals surface area contributed by atoms with Crippen LogP contribution in [0, 0.1) is 20.8 Å². The van der Waals surface area contributed by atoms with E-state index < -0.39 is 0 Å². The molecule has 2 aromatic rings. The van der Waals surface area contributed by atoms with Gasteiger partial charge in [-0.25, -0.2) is 0 Å². The second-order valence-electron chi connectivity index (χ2n) is 5.16. The van der Waals surface area contributed by atoms with Crippen molar-refractivity contribution in [3.05, 3.63) is 45.7 Å². The Labute approximate surface area is 129 Å². The van der Waals surface area contributed by atoms with Crippen LogP contribution in [0.25, 0.3) is 0 Å². The van der Waals surface area contributed by atoms with Crippen molar-refractivity contribution < 1.29 is 9.53 Å². The first-order valence-electron chi connectivity index (χ1n) is 6.84. The molecule has 0 fully saturated rings. The molecule has 0 N–H and O–H groups in total. The molecule has 0 aliphatic rings. The number of carbonyl (C=O) groups is 1. The Bertz CT molecular complexity index is 677. The molecule has 0 aliphatic heterocycles. The van der Waals surface area contributed by atoms with Gasteiger partial charge in [0.25, 0.3) is 0 Å². The molecule has 21 heavy (non-hydrogen) atoms. The SMILES string of the molecule is Cc1cc(Cl)ccc1OC(=O)CCc1c(C)nn(C)c1C. The molecule has 5 heteroatoms. The Morgan fingerprint density at radius 3 is 2.62 bits per heavy atom. The van der Waals surface area contributed by atoms with Gasteiger partial charge >= 0.3 is 5.97 Å². The van der Waals surface area contributed by atoms with Crippen LogP contribution in [0.4, 0.5) is 0 Å². The summed E-state index contributed by atoms with van der Waals surface area (Å²) in [6.45, 7) is 5.82. The van der Waals surface area contributed by atoms with E-state index in [1.165, 1.54) is 0 Å². The first-order valence-corrected chi connectivity index (χ1v) is 7.22. The van der Waals surface area contributed by atoms with Crippen LogP contribution in [0.2, 0.25) is 5.02 Å². The first kappa shape index (κ1) is 15.6. The van der Waals surface area contributed by atoms with E-state index in [2.05, 4.69) is 5.10 Å². The molecular formula is C16H19ClN2O2. The smallest absolute Gasteiger partial charge is 0.311 e. The third-order valence-electron chi connectivity index (χ3n) is 3.60. The summed E-state index contributed by atoms with van der Waals surface area (Å²) in [7, 11) is 1.90. The second-order valence-corrected chi connectivity index (χ2v) is 5.59. The normalized spacial score (nSPS) is 10.7. The van der Waals surface area contributed by atoms with Crippen LogP contribution in [0.5, 0.6) is 5.75 Å². The number of halogens is 1. The van der Waals surface area contributed by atoms with Gasteiger partial charge in [-0.1, -0.05) is 11.6 Å². The number of aryl methyl sites for hydroxylation is 3. The van der Waals surface area contributed by atoms with Gasteiger partial charge in [0.1, 0.15) is 5.75 Å². The third-order valence-corrected chi connectivity index (χ3v) is 3.83. The lowest BCUT2D eigenvalue weighted by Crippen LogP contribution is -2.10. The molecule has 2 rings (SSSR count). The van der Waals surface area contributed by atoms with Crippen molar-refractivity contribution >= 4 is 17.6 Å². The van der Waals surface area contributed by atoms with E-state index in [4.69, 9.17) is 16.3 Å². The van der Waals surface area contributed by atoms with Gasteiger partial charge in [0.15, 0.2) is 0 Å². The second kappa shape index (κ2) is 6.31. The highest BCUT2D eigenvalue weighted by molar-refractivity contribution is 6.30. The zero-order chi connectivity index (χ0) is 15.6. The topological polar surface area (TPSA) is 44.1 Å². The minimum absolute atomic E-state index is 0.247. The van der Waals surface area contributed by atoms with Crippen molar-refractivity contribution in [2.75, 3.05) is 0 Å². The number of aromatic nitrogens is 2. The summed E-state index contributed by atoms with van der Waals surface area (Å²) in [5, 5.41) is 4.98. The van der Waals surface area contributed by atoms with Crippen molar-refractivity contribution in [2.24, 2.45) is 7.05 Å². The van der Waals surface area contributed by atoms with Crippen LogP contribution in [0.1, 0.15) is 28.9 Å². The lowest BCUT2D eigenvalue weighted by atomic mass is 10.1. The molecule has 0 aliphatic carbocycles. The minimum atomic E-state index is -0.247. The maximum atomic E-state index is 12.0. The molecule has 112 valence electrons. The zero-order valence-electron chi connectivity index (χ0n) is 12.7. The quantitative estimate of drug-likeness (QED) is 0.641. The lowest BCUT2D eigenvalue weighted by Gasteiger charge is -2.08. The van der Waals surface area contributed by atoms with Crippen LogP contribution >= 0.6 is 11.6 Å². The molecule has 0 atom stereocenters. The van der Waals surface area contributed by atoms with E-state index in [0.717, 1.165) is 22.5 Å². The van der Waals surface area contributed by atoms with Gasteiger partial charge in [-0.2, -0.15) is 5.10 Å². The third kappa shape index (κ3) is 3.64. The maximum Gasteiger partial charge on any atom is 0.311 e. The molecule has 0 bridgehead atoms. The molecular weight excluding hydrogens is 288 g/mol. The Hall–Kier alpha value is -1.81. The number of esters is 1. The highest BCUT2D eigenvalue weighted by Gasteiger charge is 2.13. The molecule has 0 amide bonds. The fourth-order valence-electron chi connectivity index (χ4n) is 2.31. The van der Waals surface area contributed by atoms with Gasteiger partial charge < -0.3 is 4.74 Å². The van der Waals surface area contributed by atoms with Gasteiger partial charge in [-0.3, -0.25) is 9.48 Å². The van der Waals surface area contributed by atoms with Gasteiger partial charge in [-0.05, 0) is 56.5 Å². The van der Waals surface area contributed by atoms with E-state index in [-0.39, 0.29) is 5.97 Å². The van der Waals surface area contributed by atoms with Crippen molar-refractivity contribution in [1.82, 2.24) is 9.78 Å². The molecule has 1 heterocycles. The van der Waals surface area contributed by atoms with Crippen molar-refractivity contribution in [3.8, 4) is 5.75 Å². The average Bonchev–Trinajstić information content (AvgIpc) is 2.65. The monoisotopic (exact) mass is 306 g/mol. The highest BCUT2D eigenvalue weighted by atomic mass is 35.5. The Balaban J connectivity index is 1.99. The summed E-state index contributed by atoms with van der Waals surface area (Å²) in [6.07, 6.45) is 0.965.